The summed E-state index contributed by atoms with van der Waals surface area (Å²) >= 11 is 0. The molecule has 0 saturated carbocycles. The van der Waals surface area contributed by atoms with Crippen molar-refractivity contribution in [1.82, 2.24) is 14.9 Å². The summed E-state index contributed by atoms with van der Waals surface area (Å²) in [6.45, 7) is 0. The number of nitrogens with one attached hydrogen (secondary N) is 2. The molecule has 1 amide bonds. The second kappa shape index (κ2) is 7.01. The molecule has 6 heteroatoms. The highest BCUT2D eigenvalue weighted by Crippen LogP contribution is 2.39. The van der Waals surface area contributed by atoms with Crippen LogP contribution in [0.5, 0.6) is 0 Å². The quantitative estimate of drug-likeness (QED) is 0.480. The topological polar surface area (TPSA) is 78.2 Å². The average Bonchev–Trinajstić information content (AvgIpc) is 3.47. The van der Waals surface area contributed by atoms with Gasteiger partial charge in [0.1, 0.15) is 6.10 Å². The number of fused-ring (bicyclic) bond motifs is 4. The molecular formula is C25H23N3O3. The van der Waals surface area contributed by atoms with Gasteiger partial charge in [-0.1, -0.05) is 36.4 Å². The van der Waals surface area contributed by atoms with Crippen LogP contribution >= 0.6 is 0 Å². The van der Waals surface area contributed by atoms with Crippen molar-refractivity contribution < 1.29 is 14.3 Å². The highest BCUT2D eigenvalue weighted by Gasteiger charge is 2.45. The van der Waals surface area contributed by atoms with Gasteiger partial charge in [0, 0.05) is 59.1 Å². The Bertz CT molecular complexity index is 1290. The number of aromatic nitrogens is 2. The van der Waals surface area contributed by atoms with E-state index < -0.39 is 0 Å². The molecule has 4 heterocycles. The summed E-state index contributed by atoms with van der Waals surface area (Å²) in [7, 11) is 0. The molecule has 2 aromatic carbocycles. The van der Waals surface area contributed by atoms with Crippen LogP contribution < -0.4 is 0 Å². The number of carbonyl (C=O) groups is 2. The Morgan fingerprint density at radius 2 is 1.35 bits per heavy atom. The number of hydrogen-bond donors (Lipinski definition) is 2. The Balaban J connectivity index is 1.20. The first-order valence-corrected chi connectivity index (χ1v) is 10.8. The molecular weight excluding hydrogens is 390 g/mol. The van der Waals surface area contributed by atoms with Crippen LogP contribution in [0.15, 0.2) is 60.9 Å². The molecule has 156 valence electrons. The molecule has 0 aliphatic carbocycles. The van der Waals surface area contributed by atoms with E-state index in [1.165, 1.54) is 0 Å². The molecule has 2 aromatic heterocycles. The fourth-order valence-electron chi connectivity index (χ4n) is 5.40. The summed E-state index contributed by atoms with van der Waals surface area (Å²) in [5, 5.41) is 1.84. The molecule has 2 saturated heterocycles. The second-order valence-corrected chi connectivity index (χ2v) is 8.59. The zero-order valence-electron chi connectivity index (χ0n) is 17.0. The third kappa shape index (κ3) is 2.93. The lowest BCUT2D eigenvalue weighted by molar-refractivity contribution is -0.00256. The number of rotatable bonds is 3. The van der Waals surface area contributed by atoms with Crippen LogP contribution in [0.3, 0.4) is 0 Å². The average molecular weight is 413 g/mol. The van der Waals surface area contributed by atoms with E-state index in [1.54, 1.807) is 6.20 Å². The molecule has 1 unspecified atom stereocenters. The van der Waals surface area contributed by atoms with Gasteiger partial charge < -0.3 is 19.6 Å². The molecule has 2 fully saturated rings. The van der Waals surface area contributed by atoms with Crippen molar-refractivity contribution in [3.63, 3.8) is 0 Å². The third-order valence-electron chi connectivity index (χ3n) is 6.83. The fraction of sp³-hybridized carbons (Fsp3) is 0.280. The third-order valence-corrected chi connectivity index (χ3v) is 6.83. The normalized spacial score (nSPS) is 22.8. The Morgan fingerprint density at radius 1 is 0.806 bits per heavy atom. The second-order valence-electron chi connectivity index (χ2n) is 8.59. The Hall–Kier alpha value is -3.54. The first-order valence-electron chi connectivity index (χ1n) is 10.8. The molecule has 2 bridgehead atoms. The summed E-state index contributed by atoms with van der Waals surface area (Å²) in [5.41, 5.74) is 3.19. The molecule has 2 aliphatic rings. The van der Waals surface area contributed by atoms with Crippen molar-refractivity contribution in [3.05, 3.63) is 72.1 Å². The largest absolute Gasteiger partial charge is 0.459 e. The van der Waals surface area contributed by atoms with Crippen molar-refractivity contribution >= 4 is 33.7 Å². The van der Waals surface area contributed by atoms with Gasteiger partial charge in [-0.2, -0.15) is 0 Å². The van der Waals surface area contributed by atoms with E-state index in [1.807, 2.05) is 59.6 Å². The lowest BCUT2D eigenvalue weighted by Gasteiger charge is -2.38. The summed E-state index contributed by atoms with van der Waals surface area (Å²) in [6, 6.07) is 15.8. The van der Waals surface area contributed by atoms with E-state index in [4.69, 9.17) is 4.74 Å². The van der Waals surface area contributed by atoms with Gasteiger partial charge >= 0.3 is 5.97 Å². The number of H-pyrrole nitrogens is 2. The van der Waals surface area contributed by atoms with E-state index in [9.17, 15) is 9.59 Å². The SMILES string of the molecule is O=C(OC1C[C@H]2CC[C@@H](C1)N2C(=O)c1c[nH]c2ccccc12)c1c[nH]c2ccccc12. The number of para-hydroxylation sites is 2. The zero-order valence-corrected chi connectivity index (χ0v) is 17.0. The number of nitrogens with zero attached hydrogens (tertiary/aromatic N) is 1. The molecule has 6 rings (SSSR count). The predicted molar refractivity (Wildman–Crippen MR) is 118 cm³/mol. The van der Waals surface area contributed by atoms with Crippen molar-refractivity contribution in [3.8, 4) is 0 Å². The smallest absolute Gasteiger partial charge is 0.340 e. The Kier molecular flexibility index (Phi) is 4.13. The molecule has 2 aliphatic heterocycles. The van der Waals surface area contributed by atoms with Gasteiger partial charge in [0.25, 0.3) is 5.91 Å². The lowest BCUT2D eigenvalue weighted by atomic mass is 9.98. The van der Waals surface area contributed by atoms with Gasteiger partial charge in [-0.05, 0) is 25.0 Å². The van der Waals surface area contributed by atoms with Crippen molar-refractivity contribution in [2.24, 2.45) is 0 Å². The minimum absolute atomic E-state index is 0.0753. The van der Waals surface area contributed by atoms with Crippen molar-refractivity contribution in [2.75, 3.05) is 0 Å². The van der Waals surface area contributed by atoms with Gasteiger partial charge in [-0.15, -0.1) is 0 Å². The Morgan fingerprint density at radius 3 is 2.00 bits per heavy atom. The highest BCUT2D eigenvalue weighted by molar-refractivity contribution is 6.07. The van der Waals surface area contributed by atoms with Crippen LogP contribution in [-0.2, 0) is 4.74 Å². The molecule has 31 heavy (non-hydrogen) atoms. The maximum Gasteiger partial charge on any atom is 0.340 e. The molecule has 3 atom stereocenters. The number of carbonyl (C=O) groups excluding carboxylic acids is 2. The van der Waals surface area contributed by atoms with Gasteiger partial charge in [-0.3, -0.25) is 4.79 Å². The zero-order chi connectivity index (χ0) is 20.9. The van der Waals surface area contributed by atoms with Crippen molar-refractivity contribution in [1.29, 1.82) is 0 Å². The van der Waals surface area contributed by atoms with Crippen LogP contribution in [0.2, 0.25) is 0 Å². The van der Waals surface area contributed by atoms with Crippen molar-refractivity contribution in [2.45, 2.75) is 43.9 Å². The van der Waals surface area contributed by atoms with Gasteiger partial charge in [0.15, 0.2) is 0 Å². The molecule has 2 N–H and O–H groups in total. The fourth-order valence-corrected chi connectivity index (χ4v) is 5.40. The Labute approximate surface area is 179 Å². The highest BCUT2D eigenvalue weighted by atomic mass is 16.5. The van der Waals surface area contributed by atoms with Crippen LogP contribution in [0.1, 0.15) is 46.4 Å². The standard InChI is InChI=1S/C25H23N3O3/c29-24(20-13-26-22-7-3-1-5-18(20)22)28-15-9-10-16(28)12-17(11-15)31-25(30)21-14-27-23-8-4-2-6-19(21)23/h1-8,13-17,26-27H,9-12H2/t15-,16+,17?. The van der Waals surface area contributed by atoms with Crippen LogP contribution in [-0.4, -0.2) is 44.9 Å². The molecule has 6 nitrogen and oxygen atoms in total. The maximum absolute atomic E-state index is 13.4. The summed E-state index contributed by atoms with van der Waals surface area (Å²) in [5.74, 6) is -0.218. The minimum Gasteiger partial charge on any atom is -0.459 e. The summed E-state index contributed by atoms with van der Waals surface area (Å²) < 4.78 is 5.91. The van der Waals surface area contributed by atoms with Crippen LogP contribution in [0.4, 0.5) is 0 Å². The van der Waals surface area contributed by atoms with Gasteiger partial charge in [0.2, 0.25) is 0 Å². The molecule has 0 spiro atoms. The van der Waals surface area contributed by atoms with Gasteiger partial charge in [-0.25, -0.2) is 4.79 Å². The van der Waals surface area contributed by atoms with E-state index in [2.05, 4.69) is 9.97 Å². The minimum atomic E-state index is -0.293. The summed E-state index contributed by atoms with van der Waals surface area (Å²) in [6.07, 6.45) is 6.68. The van der Waals surface area contributed by atoms with Gasteiger partial charge in [0.05, 0.1) is 11.1 Å². The van der Waals surface area contributed by atoms with E-state index in [0.29, 0.717) is 18.4 Å². The summed E-state index contributed by atoms with van der Waals surface area (Å²) in [4.78, 5) is 34.6. The number of aromatic amines is 2. The monoisotopic (exact) mass is 413 g/mol. The molecule has 4 aromatic rings. The van der Waals surface area contributed by atoms with E-state index >= 15 is 0 Å². The number of ether oxygens (including phenoxy) is 1. The van der Waals surface area contributed by atoms with E-state index in [0.717, 1.165) is 40.2 Å². The van der Waals surface area contributed by atoms with Crippen LogP contribution in [0.25, 0.3) is 21.8 Å². The number of piperidine rings is 1. The lowest BCUT2D eigenvalue weighted by Crippen LogP contribution is -2.48. The number of amides is 1. The number of benzene rings is 2. The van der Waals surface area contributed by atoms with Crippen LogP contribution in [0, 0.1) is 0 Å². The maximum atomic E-state index is 13.4. The number of esters is 1. The van der Waals surface area contributed by atoms with E-state index in [-0.39, 0.29) is 30.1 Å². The first kappa shape index (κ1) is 18.2. The number of hydrogen-bond acceptors (Lipinski definition) is 3. The predicted octanol–water partition coefficient (Wildman–Crippen LogP) is 4.64. The first-order chi connectivity index (χ1) is 15.2. The molecule has 0 radical (unpaired) electrons.